The second kappa shape index (κ2) is 6.59. The number of carbonyl (C=O) groups excluding carboxylic acids is 2. The molecule has 1 amide bonds. The van der Waals surface area contributed by atoms with Crippen LogP contribution in [0.15, 0.2) is 42.7 Å². The van der Waals surface area contributed by atoms with Crippen LogP contribution in [0.5, 0.6) is 0 Å². The lowest BCUT2D eigenvalue weighted by atomic mass is 10.0. The van der Waals surface area contributed by atoms with Crippen molar-refractivity contribution in [2.45, 2.75) is 26.3 Å². The maximum absolute atomic E-state index is 12.1. The molecule has 0 saturated heterocycles. The number of nitrogens with one attached hydrogen (secondary N) is 1. The summed E-state index contributed by atoms with van der Waals surface area (Å²) < 4.78 is 4.77. The lowest BCUT2D eigenvalue weighted by Gasteiger charge is -2.15. The summed E-state index contributed by atoms with van der Waals surface area (Å²) in [6.07, 6.45) is -0.155. The third-order valence-corrected chi connectivity index (χ3v) is 2.34. The number of alkyl carbamates (subject to hydrolysis) is 1. The second-order valence-electron chi connectivity index (χ2n) is 3.93. The van der Waals surface area contributed by atoms with Crippen molar-refractivity contribution in [2.24, 2.45) is 0 Å². The molecule has 4 nitrogen and oxygen atoms in total. The highest BCUT2D eigenvalue weighted by Gasteiger charge is 2.20. The van der Waals surface area contributed by atoms with Crippen LogP contribution in [0.1, 0.15) is 30.6 Å². The monoisotopic (exact) mass is 247 g/mol. The lowest BCUT2D eigenvalue weighted by molar-refractivity contribution is 0.0930. The number of amides is 1. The quantitative estimate of drug-likeness (QED) is 0.643. The molecule has 1 atom stereocenters. The van der Waals surface area contributed by atoms with Gasteiger partial charge in [-0.2, -0.15) is 0 Å². The van der Waals surface area contributed by atoms with Crippen LogP contribution >= 0.6 is 0 Å². The van der Waals surface area contributed by atoms with Gasteiger partial charge in [0.25, 0.3) is 0 Å². The SMILES string of the molecule is C=C(C)OC(=O)N[C@@H](CC)C(=O)c1ccccc1. The fraction of sp³-hybridized carbons (Fsp3) is 0.286. The van der Waals surface area contributed by atoms with Crippen molar-refractivity contribution in [3.8, 4) is 0 Å². The van der Waals surface area contributed by atoms with Crippen LogP contribution in [0.25, 0.3) is 0 Å². The van der Waals surface area contributed by atoms with Crippen LogP contribution in [0.2, 0.25) is 0 Å². The van der Waals surface area contributed by atoms with E-state index in [1.165, 1.54) is 0 Å². The van der Waals surface area contributed by atoms with E-state index in [-0.39, 0.29) is 11.5 Å². The van der Waals surface area contributed by atoms with E-state index in [0.29, 0.717) is 12.0 Å². The minimum absolute atomic E-state index is 0.128. The standard InChI is InChI=1S/C14H17NO3/c1-4-12(15-14(17)18-10(2)3)13(16)11-8-6-5-7-9-11/h5-9,12H,2,4H2,1,3H3,(H,15,17)/t12-/m0/s1. The highest BCUT2D eigenvalue weighted by Crippen LogP contribution is 2.06. The van der Waals surface area contributed by atoms with Gasteiger partial charge in [0.2, 0.25) is 0 Å². The Morgan fingerprint density at radius 1 is 1.33 bits per heavy atom. The van der Waals surface area contributed by atoms with E-state index in [0.717, 1.165) is 0 Å². The van der Waals surface area contributed by atoms with Gasteiger partial charge in [0.05, 0.1) is 11.8 Å². The molecule has 0 aliphatic carbocycles. The minimum atomic E-state index is -0.654. The van der Waals surface area contributed by atoms with Gasteiger partial charge in [0, 0.05) is 5.56 Å². The summed E-state index contributed by atoms with van der Waals surface area (Å²) in [7, 11) is 0. The molecular weight excluding hydrogens is 230 g/mol. The Morgan fingerprint density at radius 3 is 2.44 bits per heavy atom. The Morgan fingerprint density at radius 2 is 1.94 bits per heavy atom. The molecule has 1 aromatic carbocycles. The van der Waals surface area contributed by atoms with Crippen LogP contribution in [0.3, 0.4) is 0 Å². The van der Waals surface area contributed by atoms with E-state index in [4.69, 9.17) is 4.74 Å². The molecule has 0 aliphatic heterocycles. The third kappa shape index (κ3) is 4.05. The molecule has 0 spiro atoms. The number of hydrogen-bond donors (Lipinski definition) is 1. The maximum atomic E-state index is 12.1. The average molecular weight is 247 g/mol. The van der Waals surface area contributed by atoms with Gasteiger partial charge in [0.1, 0.15) is 0 Å². The lowest BCUT2D eigenvalue weighted by Crippen LogP contribution is -2.40. The fourth-order valence-electron chi connectivity index (χ4n) is 1.49. The molecule has 1 N–H and O–H groups in total. The van der Waals surface area contributed by atoms with Crippen LogP contribution < -0.4 is 5.32 Å². The first-order valence-corrected chi connectivity index (χ1v) is 5.77. The fourth-order valence-corrected chi connectivity index (χ4v) is 1.49. The van der Waals surface area contributed by atoms with E-state index in [1.807, 2.05) is 13.0 Å². The third-order valence-electron chi connectivity index (χ3n) is 2.34. The minimum Gasteiger partial charge on any atom is -0.416 e. The molecule has 0 bridgehead atoms. The summed E-state index contributed by atoms with van der Waals surface area (Å²) in [6, 6.07) is 8.26. The van der Waals surface area contributed by atoms with Gasteiger partial charge >= 0.3 is 6.09 Å². The molecule has 96 valence electrons. The normalized spacial score (nSPS) is 11.4. The average Bonchev–Trinajstić information content (AvgIpc) is 2.35. The van der Waals surface area contributed by atoms with Gasteiger partial charge in [-0.3, -0.25) is 4.79 Å². The Bertz CT molecular complexity index is 440. The topological polar surface area (TPSA) is 55.4 Å². The first-order chi connectivity index (χ1) is 8.54. The number of allylic oxidation sites excluding steroid dienone is 1. The molecule has 0 aliphatic rings. The van der Waals surface area contributed by atoms with Crippen LogP contribution in [-0.4, -0.2) is 17.9 Å². The van der Waals surface area contributed by atoms with Crippen molar-refractivity contribution in [3.63, 3.8) is 0 Å². The zero-order chi connectivity index (χ0) is 13.5. The van der Waals surface area contributed by atoms with E-state index in [9.17, 15) is 9.59 Å². The molecule has 0 saturated carbocycles. The zero-order valence-corrected chi connectivity index (χ0v) is 10.6. The first kappa shape index (κ1) is 14.0. The molecule has 1 rings (SSSR count). The van der Waals surface area contributed by atoms with Crippen LogP contribution in [0, 0.1) is 0 Å². The Kier molecular flexibility index (Phi) is 5.11. The summed E-state index contributed by atoms with van der Waals surface area (Å²) >= 11 is 0. The number of hydrogen-bond acceptors (Lipinski definition) is 3. The molecule has 18 heavy (non-hydrogen) atoms. The summed E-state index contributed by atoms with van der Waals surface area (Å²) in [4.78, 5) is 23.5. The van der Waals surface area contributed by atoms with Crippen molar-refractivity contribution in [1.82, 2.24) is 5.32 Å². The van der Waals surface area contributed by atoms with Crippen molar-refractivity contribution < 1.29 is 14.3 Å². The highest BCUT2D eigenvalue weighted by molar-refractivity contribution is 6.01. The second-order valence-corrected chi connectivity index (χ2v) is 3.93. The first-order valence-electron chi connectivity index (χ1n) is 5.77. The number of ketones is 1. The Balaban J connectivity index is 2.69. The van der Waals surface area contributed by atoms with E-state index in [1.54, 1.807) is 31.2 Å². The van der Waals surface area contributed by atoms with Crippen molar-refractivity contribution in [1.29, 1.82) is 0 Å². The van der Waals surface area contributed by atoms with Crippen molar-refractivity contribution in [3.05, 3.63) is 48.2 Å². The molecule has 0 unspecified atom stereocenters. The van der Waals surface area contributed by atoms with Crippen molar-refractivity contribution in [2.75, 3.05) is 0 Å². The van der Waals surface area contributed by atoms with Crippen molar-refractivity contribution >= 4 is 11.9 Å². The van der Waals surface area contributed by atoms with Gasteiger partial charge in [-0.05, 0) is 13.3 Å². The number of ether oxygens (including phenoxy) is 1. The smallest absolute Gasteiger partial charge is 0.412 e. The molecule has 4 heteroatoms. The summed E-state index contributed by atoms with van der Waals surface area (Å²) in [5.41, 5.74) is 0.569. The number of benzene rings is 1. The molecule has 0 heterocycles. The highest BCUT2D eigenvalue weighted by atomic mass is 16.6. The predicted octanol–water partition coefficient (Wildman–Crippen LogP) is 2.91. The molecule has 1 aromatic rings. The van der Waals surface area contributed by atoms with E-state index < -0.39 is 12.1 Å². The summed E-state index contributed by atoms with van der Waals surface area (Å²) in [6.45, 7) is 6.86. The summed E-state index contributed by atoms with van der Waals surface area (Å²) in [5.74, 6) is 0.159. The molecular formula is C14H17NO3. The van der Waals surface area contributed by atoms with E-state index in [2.05, 4.69) is 11.9 Å². The van der Waals surface area contributed by atoms with Crippen LogP contribution in [0.4, 0.5) is 4.79 Å². The van der Waals surface area contributed by atoms with Gasteiger partial charge in [-0.1, -0.05) is 43.8 Å². The van der Waals surface area contributed by atoms with Gasteiger partial charge in [-0.25, -0.2) is 4.79 Å². The maximum Gasteiger partial charge on any atom is 0.412 e. The van der Waals surface area contributed by atoms with Gasteiger partial charge < -0.3 is 10.1 Å². The Labute approximate surface area is 107 Å². The molecule has 0 aromatic heterocycles. The molecule has 0 radical (unpaired) electrons. The largest absolute Gasteiger partial charge is 0.416 e. The van der Waals surface area contributed by atoms with Crippen LogP contribution in [-0.2, 0) is 4.74 Å². The zero-order valence-electron chi connectivity index (χ0n) is 10.6. The Hall–Kier alpha value is -2.10. The van der Waals surface area contributed by atoms with Gasteiger partial charge in [0.15, 0.2) is 5.78 Å². The van der Waals surface area contributed by atoms with E-state index >= 15 is 0 Å². The molecule has 0 fully saturated rings. The van der Waals surface area contributed by atoms with Gasteiger partial charge in [-0.15, -0.1) is 0 Å². The summed E-state index contributed by atoms with van der Waals surface area (Å²) in [5, 5.41) is 2.52. The number of carbonyl (C=O) groups is 2. The number of Topliss-reactive ketones (excluding diaryl/α,β-unsaturated/α-hetero) is 1. The predicted molar refractivity (Wildman–Crippen MR) is 69.3 cm³/mol. The number of rotatable bonds is 5.